The molecule has 1 aromatic heterocycles. The molecular formula is C8H7Cl2N3O. The zero-order chi connectivity index (χ0) is 10.3. The molecule has 0 fully saturated rings. The van der Waals surface area contributed by atoms with Crippen molar-refractivity contribution in [1.82, 2.24) is 9.90 Å². The summed E-state index contributed by atoms with van der Waals surface area (Å²) in [7, 11) is 0. The fourth-order valence-electron chi connectivity index (χ4n) is 1.34. The second-order valence-corrected chi connectivity index (χ2v) is 3.59. The van der Waals surface area contributed by atoms with Crippen LogP contribution < -0.4 is 4.85 Å². The van der Waals surface area contributed by atoms with Gasteiger partial charge in [0, 0.05) is 0 Å². The molecule has 1 heterocycles. The molecule has 2 rings (SSSR count). The Morgan fingerprint density at radius 1 is 1.50 bits per heavy atom. The summed E-state index contributed by atoms with van der Waals surface area (Å²) in [5.41, 5.74) is 1.01. The van der Waals surface area contributed by atoms with E-state index in [1.54, 1.807) is 12.1 Å². The van der Waals surface area contributed by atoms with Crippen molar-refractivity contribution in [2.45, 2.75) is 13.5 Å². The molecule has 0 spiro atoms. The van der Waals surface area contributed by atoms with Gasteiger partial charge in [0.2, 0.25) is 11.0 Å². The molecule has 0 aliphatic rings. The summed E-state index contributed by atoms with van der Waals surface area (Å²) in [5, 5.41) is 15.8. The van der Waals surface area contributed by atoms with Gasteiger partial charge >= 0.3 is 0 Å². The van der Waals surface area contributed by atoms with Crippen molar-refractivity contribution in [3.63, 3.8) is 0 Å². The van der Waals surface area contributed by atoms with E-state index in [1.807, 2.05) is 6.92 Å². The van der Waals surface area contributed by atoms with Gasteiger partial charge in [-0.15, -0.1) is 9.53 Å². The summed E-state index contributed by atoms with van der Waals surface area (Å²) in [6.45, 7) is 2.45. The van der Waals surface area contributed by atoms with Gasteiger partial charge in [0.1, 0.15) is 11.6 Å². The average molecular weight is 232 g/mol. The highest BCUT2D eigenvalue weighted by Gasteiger charge is 2.18. The second kappa shape index (κ2) is 3.29. The summed E-state index contributed by atoms with van der Waals surface area (Å²) in [6.07, 6.45) is 0. The van der Waals surface area contributed by atoms with E-state index in [0.717, 1.165) is 0 Å². The first-order valence-electron chi connectivity index (χ1n) is 4.09. The minimum atomic E-state index is 0.369. The third kappa shape index (κ3) is 1.22. The molecule has 1 aromatic carbocycles. The number of aryl methyl sites for hydroxylation is 1. The van der Waals surface area contributed by atoms with Crippen molar-refractivity contribution in [3.05, 3.63) is 27.4 Å². The van der Waals surface area contributed by atoms with E-state index >= 15 is 0 Å². The lowest BCUT2D eigenvalue weighted by atomic mass is 10.3. The van der Waals surface area contributed by atoms with Crippen LogP contribution in [-0.4, -0.2) is 9.90 Å². The Morgan fingerprint density at radius 2 is 2.21 bits per heavy atom. The molecule has 0 N–H and O–H groups in total. The van der Waals surface area contributed by atoms with Crippen molar-refractivity contribution in [2.24, 2.45) is 0 Å². The number of benzene rings is 1. The predicted octanol–water partition coefficient (Wildman–Crippen LogP) is 2.00. The molecule has 0 saturated heterocycles. The number of halogens is 2. The maximum absolute atomic E-state index is 11.3. The molecule has 74 valence electrons. The SMILES string of the molecule is CCn1n[n+]([O-])c2ccc(Cl)c(Cl)c21. The van der Waals surface area contributed by atoms with E-state index in [0.29, 0.717) is 32.5 Å². The molecule has 0 bridgehead atoms. The first kappa shape index (κ1) is 9.55. The highest BCUT2D eigenvalue weighted by molar-refractivity contribution is 6.44. The van der Waals surface area contributed by atoms with Crippen LogP contribution in [-0.2, 0) is 6.54 Å². The van der Waals surface area contributed by atoms with Gasteiger partial charge in [0.05, 0.1) is 10.2 Å². The lowest BCUT2D eigenvalue weighted by Gasteiger charge is -1.95. The lowest BCUT2D eigenvalue weighted by molar-refractivity contribution is -0.646. The summed E-state index contributed by atoms with van der Waals surface area (Å²) >= 11 is 11.8. The Morgan fingerprint density at radius 3 is 2.86 bits per heavy atom. The van der Waals surface area contributed by atoms with Crippen LogP contribution in [0.5, 0.6) is 0 Å². The first-order chi connectivity index (χ1) is 6.65. The Bertz CT molecular complexity index is 495. The van der Waals surface area contributed by atoms with Crippen LogP contribution in [0.1, 0.15) is 6.92 Å². The zero-order valence-corrected chi connectivity index (χ0v) is 8.88. The largest absolute Gasteiger partial charge is 0.691 e. The Kier molecular flexibility index (Phi) is 2.25. The highest BCUT2D eigenvalue weighted by Crippen LogP contribution is 2.28. The fourth-order valence-corrected chi connectivity index (χ4v) is 1.75. The third-order valence-corrected chi connectivity index (χ3v) is 2.79. The molecule has 0 saturated carbocycles. The minimum Gasteiger partial charge on any atom is -0.691 e. The van der Waals surface area contributed by atoms with Gasteiger partial charge in [0.15, 0.2) is 0 Å². The van der Waals surface area contributed by atoms with E-state index in [-0.39, 0.29) is 0 Å². The zero-order valence-electron chi connectivity index (χ0n) is 7.37. The summed E-state index contributed by atoms with van der Waals surface area (Å²) in [5.74, 6) is 0. The number of nitrogens with zero attached hydrogens (tertiary/aromatic N) is 3. The maximum atomic E-state index is 11.3. The molecule has 0 aliphatic heterocycles. The monoisotopic (exact) mass is 231 g/mol. The normalized spacial score (nSPS) is 11.1. The summed E-state index contributed by atoms with van der Waals surface area (Å²) in [4.78, 5) is 0.543. The van der Waals surface area contributed by atoms with E-state index in [2.05, 4.69) is 5.21 Å². The molecule has 0 radical (unpaired) electrons. The predicted molar refractivity (Wildman–Crippen MR) is 54.4 cm³/mol. The number of rotatable bonds is 1. The van der Waals surface area contributed by atoms with Gasteiger partial charge in [-0.1, -0.05) is 23.2 Å². The quantitative estimate of drug-likeness (QED) is 0.557. The maximum Gasteiger partial charge on any atom is 0.218 e. The molecule has 0 atom stereocenters. The summed E-state index contributed by atoms with van der Waals surface area (Å²) < 4.78 is 1.52. The smallest absolute Gasteiger partial charge is 0.218 e. The van der Waals surface area contributed by atoms with Gasteiger partial charge in [-0.2, -0.15) is 0 Å². The topological polar surface area (TPSA) is 44.8 Å². The number of hydrogen-bond donors (Lipinski definition) is 0. The van der Waals surface area contributed by atoms with Crippen molar-refractivity contribution in [2.75, 3.05) is 0 Å². The molecule has 0 unspecified atom stereocenters. The molecular weight excluding hydrogens is 225 g/mol. The van der Waals surface area contributed by atoms with Gasteiger partial charge in [-0.05, 0) is 19.1 Å². The van der Waals surface area contributed by atoms with Crippen LogP contribution >= 0.6 is 23.2 Å². The molecule has 14 heavy (non-hydrogen) atoms. The average Bonchev–Trinajstić information content (AvgIpc) is 2.50. The lowest BCUT2D eigenvalue weighted by Crippen LogP contribution is -2.29. The highest BCUT2D eigenvalue weighted by atomic mass is 35.5. The van der Waals surface area contributed by atoms with Gasteiger partial charge in [-0.25, -0.2) is 0 Å². The van der Waals surface area contributed by atoms with E-state index in [9.17, 15) is 5.21 Å². The Balaban J connectivity index is 2.91. The minimum absolute atomic E-state index is 0.369. The van der Waals surface area contributed by atoms with Crippen molar-refractivity contribution < 1.29 is 4.85 Å². The molecule has 0 aliphatic carbocycles. The van der Waals surface area contributed by atoms with Crippen LogP contribution in [0.4, 0.5) is 0 Å². The number of aromatic nitrogens is 3. The van der Waals surface area contributed by atoms with Crippen LogP contribution in [0.15, 0.2) is 12.1 Å². The van der Waals surface area contributed by atoms with Crippen LogP contribution in [0.2, 0.25) is 10.0 Å². The summed E-state index contributed by atoms with van der Waals surface area (Å²) in [6, 6.07) is 3.19. The number of hydrogen-bond acceptors (Lipinski definition) is 2. The molecule has 6 heteroatoms. The molecule has 4 nitrogen and oxygen atoms in total. The van der Waals surface area contributed by atoms with E-state index < -0.39 is 0 Å². The van der Waals surface area contributed by atoms with Gasteiger partial charge in [-0.3, -0.25) is 0 Å². The fraction of sp³-hybridized carbons (Fsp3) is 0.250. The van der Waals surface area contributed by atoms with Crippen LogP contribution in [0, 0.1) is 5.21 Å². The van der Waals surface area contributed by atoms with Crippen molar-refractivity contribution in [3.8, 4) is 0 Å². The van der Waals surface area contributed by atoms with Crippen molar-refractivity contribution >= 4 is 34.2 Å². The van der Waals surface area contributed by atoms with Crippen molar-refractivity contribution in [1.29, 1.82) is 0 Å². The second-order valence-electron chi connectivity index (χ2n) is 2.81. The Labute approximate surface area is 90.2 Å². The third-order valence-electron chi connectivity index (χ3n) is 2.00. The van der Waals surface area contributed by atoms with E-state index in [1.165, 1.54) is 4.68 Å². The van der Waals surface area contributed by atoms with Gasteiger partial charge < -0.3 is 5.21 Å². The standard InChI is InChI=1S/C8H7Cl2N3O/c1-2-12-8-6(13(14)11-12)4-3-5(9)7(8)10/h3-4H,2H2,1H3. The first-order valence-corrected chi connectivity index (χ1v) is 4.85. The van der Waals surface area contributed by atoms with E-state index in [4.69, 9.17) is 23.2 Å². The Hall–Kier alpha value is -1.000. The number of fused-ring (bicyclic) bond motifs is 1. The molecule has 0 amide bonds. The van der Waals surface area contributed by atoms with Crippen LogP contribution in [0.25, 0.3) is 11.0 Å². The molecule has 2 aromatic rings. The van der Waals surface area contributed by atoms with Gasteiger partial charge in [0.25, 0.3) is 0 Å². The van der Waals surface area contributed by atoms with Crippen LogP contribution in [0.3, 0.4) is 0 Å².